The summed E-state index contributed by atoms with van der Waals surface area (Å²) in [6.45, 7) is 3.23. The van der Waals surface area contributed by atoms with Crippen LogP contribution < -0.4 is 5.32 Å². The van der Waals surface area contributed by atoms with Crippen molar-refractivity contribution < 1.29 is 9.53 Å². The molecule has 3 unspecified atom stereocenters. The number of nitrogens with zero attached hydrogens (tertiary/aromatic N) is 1. The van der Waals surface area contributed by atoms with E-state index in [-0.39, 0.29) is 18.6 Å². The zero-order valence-corrected chi connectivity index (χ0v) is 12.6. The van der Waals surface area contributed by atoms with Crippen molar-refractivity contribution in [2.24, 2.45) is 17.8 Å². The summed E-state index contributed by atoms with van der Waals surface area (Å²) < 4.78 is 5.76. The van der Waals surface area contributed by atoms with Gasteiger partial charge in [0.15, 0.2) is 0 Å². The average molecular weight is 280 g/mol. The number of ether oxygens (including phenoxy) is 1. The summed E-state index contributed by atoms with van der Waals surface area (Å²) in [5, 5.41) is 3.31. The molecule has 1 amide bonds. The fraction of sp³-hybridized carbons (Fsp3) is 0.938. The van der Waals surface area contributed by atoms with Gasteiger partial charge in [0.25, 0.3) is 0 Å². The van der Waals surface area contributed by atoms with Crippen molar-refractivity contribution in [1.82, 2.24) is 10.2 Å². The van der Waals surface area contributed by atoms with Crippen LogP contribution in [-0.4, -0.2) is 50.2 Å². The van der Waals surface area contributed by atoms with Crippen molar-refractivity contribution >= 4 is 5.91 Å². The van der Waals surface area contributed by atoms with Gasteiger partial charge >= 0.3 is 0 Å². The van der Waals surface area contributed by atoms with Gasteiger partial charge in [0.05, 0.1) is 6.10 Å². The van der Waals surface area contributed by atoms with Crippen LogP contribution in [0.15, 0.2) is 0 Å². The molecule has 114 valence electrons. The first-order valence-corrected chi connectivity index (χ1v) is 8.28. The maximum Gasteiger partial charge on any atom is 0.248 e. The van der Waals surface area contributed by atoms with E-state index in [1.165, 1.54) is 25.7 Å². The zero-order valence-electron chi connectivity index (χ0n) is 12.6. The molecule has 2 aliphatic carbocycles. The van der Waals surface area contributed by atoms with E-state index in [9.17, 15) is 4.79 Å². The van der Waals surface area contributed by atoms with Crippen molar-refractivity contribution in [1.29, 1.82) is 0 Å². The lowest BCUT2D eigenvalue weighted by molar-refractivity contribution is -0.138. The van der Waals surface area contributed by atoms with Crippen LogP contribution in [0.1, 0.15) is 38.5 Å². The number of hydrogen-bond acceptors (Lipinski definition) is 3. The minimum absolute atomic E-state index is 0.159. The average Bonchev–Trinajstić information content (AvgIpc) is 3.08. The number of carbonyl (C=O) groups excluding carboxylic acids is 1. The predicted molar refractivity (Wildman–Crippen MR) is 78.4 cm³/mol. The van der Waals surface area contributed by atoms with Crippen LogP contribution in [0.3, 0.4) is 0 Å². The Morgan fingerprint density at radius 3 is 2.65 bits per heavy atom. The summed E-state index contributed by atoms with van der Waals surface area (Å²) in [7, 11) is 1.94. The Labute approximate surface area is 122 Å². The van der Waals surface area contributed by atoms with Gasteiger partial charge in [0.2, 0.25) is 5.91 Å². The Kier molecular flexibility index (Phi) is 4.61. The highest BCUT2D eigenvalue weighted by molar-refractivity contribution is 5.77. The Bertz CT molecular complexity index is 341. The highest BCUT2D eigenvalue weighted by Crippen LogP contribution is 2.48. The molecule has 1 saturated heterocycles. The molecule has 3 rings (SSSR count). The first kappa shape index (κ1) is 14.3. The zero-order chi connectivity index (χ0) is 13.9. The second kappa shape index (κ2) is 6.44. The van der Waals surface area contributed by atoms with E-state index < -0.39 is 0 Å². The molecular weight excluding hydrogens is 252 g/mol. The predicted octanol–water partition coefficient (Wildman–Crippen LogP) is 1.65. The van der Waals surface area contributed by atoms with Gasteiger partial charge in [0, 0.05) is 13.6 Å². The van der Waals surface area contributed by atoms with Crippen molar-refractivity contribution in [3.05, 3.63) is 0 Å². The number of nitrogens with one attached hydrogen (secondary N) is 1. The standard InChI is InChI=1S/C16H28N2O2/c1-18(10-14-9-12-2-3-13(14)8-12)16(19)11-20-15-4-6-17-7-5-15/h12-15,17H,2-11H2,1H3. The van der Waals surface area contributed by atoms with E-state index in [2.05, 4.69) is 5.32 Å². The molecule has 2 saturated carbocycles. The Morgan fingerprint density at radius 1 is 1.20 bits per heavy atom. The molecular formula is C16H28N2O2. The van der Waals surface area contributed by atoms with Crippen LogP contribution in [0.5, 0.6) is 0 Å². The van der Waals surface area contributed by atoms with Gasteiger partial charge in [-0.25, -0.2) is 0 Å². The molecule has 1 N–H and O–H groups in total. The largest absolute Gasteiger partial charge is 0.368 e. The maximum atomic E-state index is 12.2. The van der Waals surface area contributed by atoms with E-state index in [0.717, 1.165) is 50.2 Å². The Morgan fingerprint density at radius 2 is 2.00 bits per heavy atom. The Balaban J connectivity index is 1.38. The van der Waals surface area contributed by atoms with Crippen molar-refractivity contribution in [3.8, 4) is 0 Å². The molecule has 0 aromatic carbocycles. The third kappa shape index (κ3) is 3.34. The van der Waals surface area contributed by atoms with Gasteiger partial charge in [-0.1, -0.05) is 6.42 Å². The fourth-order valence-electron chi connectivity index (χ4n) is 4.32. The van der Waals surface area contributed by atoms with Gasteiger partial charge in [-0.05, 0) is 62.9 Å². The molecule has 1 aliphatic heterocycles. The molecule has 3 fully saturated rings. The van der Waals surface area contributed by atoms with Crippen molar-refractivity contribution in [2.75, 3.05) is 33.3 Å². The normalized spacial score (nSPS) is 33.5. The topological polar surface area (TPSA) is 41.6 Å². The number of fused-ring (bicyclic) bond motifs is 2. The lowest BCUT2D eigenvalue weighted by Gasteiger charge is -2.28. The van der Waals surface area contributed by atoms with E-state index >= 15 is 0 Å². The van der Waals surface area contributed by atoms with E-state index in [1.807, 2.05) is 11.9 Å². The fourth-order valence-corrected chi connectivity index (χ4v) is 4.32. The number of piperidine rings is 1. The quantitative estimate of drug-likeness (QED) is 0.832. The monoisotopic (exact) mass is 280 g/mol. The molecule has 1 heterocycles. The summed E-state index contributed by atoms with van der Waals surface area (Å²) in [6.07, 6.45) is 7.92. The van der Waals surface area contributed by atoms with Crippen molar-refractivity contribution in [2.45, 2.75) is 44.6 Å². The molecule has 0 radical (unpaired) electrons. The first-order valence-electron chi connectivity index (χ1n) is 8.28. The van der Waals surface area contributed by atoms with E-state index in [0.29, 0.717) is 0 Å². The van der Waals surface area contributed by atoms with Crippen LogP contribution >= 0.6 is 0 Å². The number of amides is 1. The van der Waals surface area contributed by atoms with Gasteiger partial charge in [0.1, 0.15) is 6.61 Å². The number of carbonyl (C=O) groups is 1. The SMILES string of the molecule is CN(CC1CC2CCC1C2)C(=O)COC1CCNCC1. The minimum Gasteiger partial charge on any atom is -0.368 e. The highest BCUT2D eigenvalue weighted by Gasteiger charge is 2.40. The van der Waals surface area contributed by atoms with Crippen LogP contribution in [-0.2, 0) is 9.53 Å². The number of rotatable bonds is 5. The number of likely N-dealkylation sites (N-methyl/N-ethyl adjacent to an activating group) is 1. The highest BCUT2D eigenvalue weighted by atomic mass is 16.5. The summed E-state index contributed by atoms with van der Waals surface area (Å²) in [5.74, 6) is 2.76. The summed E-state index contributed by atoms with van der Waals surface area (Å²) in [4.78, 5) is 14.1. The van der Waals surface area contributed by atoms with Gasteiger partial charge in [-0.3, -0.25) is 4.79 Å². The summed E-state index contributed by atoms with van der Waals surface area (Å²) >= 11 is 0. The van der Waals surface area contributed by atoms with Crippen LogP contribution in [0.2, 0.25) is 0 Å². The van der Waals surface area contributed by atoms with Gasteiger partial charge in [-0.15, -0.1) is 0 Å². The summed E-state index contributed by atoms with van der Waals surface area (Å²) in [6, 6.07) is 0. The molecule has 0 aromatic heterocycles. The molecule has 3 atom stereocenters. The lowest BCUT2D eigenvalue weighted by Crippen LogP contribution is -2.38. The van der Waals surface area contributed by atoms with Gasteiger partial charge < -0.3 is 15.0 Å². The van der Waals surface area contributed by atoms with Gasteiger partial charge in [-0.2, -0.15) is 0 Å². The molecule has 3 aliphatic rings. The smallest absolute Gasteiger partial charge is 0.248 e. The van der Waals surface area contributed by atoms with Crippen LogP contribution in [0.4, 0.5) is 0 Å². The molecule has 0 aromatic rings. The molecule has 20 heavy (non-hydrogen) atoms. The molecule has 4 nitrogen and oxygen atoms in total. The summed E-state index contributed by atoms with van der Waals surface area (Å²) in [5.41, 5.74) is 0. The second-order valence-electron chi connectivity index (χ2n) is 6.97. The lowest BCUT2D eigenvalue weighted by atomic mass is 9.88. The Hall–Kier alpha value is -0.610. The van der Waals surface area contributed by atoms with Crippen LogP contribution in [0, 0.1) is 17.8 Å². The van der Waals surface area contributed by atoms with E-state index in [1.54, 1.807) is 0 Å². The van der Waals surface area contributed by atoms with Crippen molar-refractivity contribution in [3.63, 3.8) is 0 Å². The molecule has 2 bridgehead atoms. The number of hydrogen-bond donors (Lipinski definition) is 1. The second-order valence-corrected chi connectivity index (χ2v) is 6.97. The molecule has 0 spiro atoms. The maximum absolute atomic E-state index is 12.2. The third-order valence-electron chi connectivity index (χ3n) is 5.55. The minimum atomic E-state index is 0.159. The van der Waals surface area contributed by atoms with Crippen LogP contribution in [0.25, 0.3) is 0 Å². The molecule has 4 heteroatoms. The van der Waals surface area contributed by atoms with E-state index in [4.69, 9.17) is 4.74 Å². The third-order valence-corrected chi connectivity index (χ3v) is 5.55. The first-order chi connectivity index (χ1) is 9.72.